The second kappa shape index (κ2) is 3.86. The fourth-order valence-electron chi connectivity index (χ4n) is 2.26. The van der Waals surface area contributed by atoms with E-state index in [4.69, 9.17) is 0 Å². The van der Waals surface area contributed by atoms with Crippen molar-refractivity contribution in [1.29, 1.82) is 0 Å². The summed E-state index contributed by atoms with van der Waals surface area (Å²) in [5.74, 6) is 0.697. The van der Waals surface area contributed by atoms with Gasteiger partial charge in [-0.25, -0.2) is 14.5 Å². The molecule has 6 heteroatoms. The Labute approximate surface area is 114 Å². The lowest BCUT2D eigenvalue weighted by atomic mass is 10.1. The third-order valence-electron chi connectivity index (χ3n) is 3.38. The molecule has 0 radical (unpaired) electrons. The molecular weight excluding hydrogens is 252 g/mol. The SMILES string of the molecule is Cc1ccc(-c2nc3c4cnn(C)c4ncn3n2)cc1. The van der Waals surface area contributed by atoms with Crippen molar-refractivity contribution >= 4 is 16.7 Å². The maximum Gasteiger partial charge on any atom is 0.182 e. The van der Waals surface area contributed by atoms with Gasteiger partial charge in [0.2, 0.25) is 0 Å². The minimum Gasteiger partial charge on any atom is -0.250 e. The summed E-state index contributed by atoms with van der Waals surface area (Å²) >= 11 is 0. The Morgan fingerprint density at radius 3 is 2.65 bits per heavy atom. The summed E-state index contributed by atoms with van der Waals surface area (Å²) in [5, 5.41) is 9.59. The standard InChI is InChI=1S/C14H12N6/c1-9-3-5-10(6-4-9)12-17-14-11-7-16-19(2)13(11)15-8-20(14)18-12/h3-8H,1-2H3. The molecule has 0 fully saturated rings. The maximum atomic E-state index is 4.61. The van der Waals surface area contributed by atoms with Gasteiger partial charge in [-0.2, -0.15) is 5.10 Å². The van der Waals surface area contributed by atoms with Crippen molar-refractivity contribution in [2.75, 3.05) is 0 Å². The molecule has 3 aromatic heterocycles. The van der Waals surface area contributed by atoms with Crippen LogP contribution in [0.5, 0.6) is 0 Å². The third-order valence-corrected chi connectivity index (χ3v) is 3.38. The number of fused-ring (bicyclic) bond motifs is 3. The van der Waals surface area contributed by atoms with E-state index in [1.165, 1.54) is 5.56 Å². The molecule has 0 bridgehead atoms. The van der Waals surface area contributed by atoms with Gasteiger partial charge in [0, 0.05) is 12.6 Å². The van der Waals surface area contributed by atoms with Crippen molar-refractivity contribution < 1.29 is 0 Å². The molecule has 4 aromatic rings. The van der Waals surface area contributed by atoms with Crippen molar-refractivity contribution in [3.63, 3.8) is 0 Å². The zero-order valence-electron chi connectivity index (χ0n) is 11.1. The predicted molar refractivity (Wildman–Crippen MR) is 75.2 cm³/mol. The molecule has 0 aliphatic heterocycles. The van der Waals surface area contributed by atoms with Gasteiger partial charge in [-0.3, -0.25) is 4.68 Å². The van der Waals surface area contributed by atoms with Gasteiger partial charge in [0.15, 0.2) is 17.1 Å². The highest BCUT2D eigenvalue weighted by molar-refractivity contribution is 5.88. The fraction of sp³-hybridized carbons (Fsp3) is 0.143. The lowest BCUT2D eigenvalue weighted by Crippen LogP contribution is -1.94. The van der Waals surface area contributed by atoms with E-state index in [0.717, 1.165) is 22.2 Å². The van der Waals surface area contributed by atoms with E-state index in [-0.39, 0.29) is 0 Å². The summed E-state index contributed by atoms with van der Waals surface area (Å²) < 4.78 is 3.43. The van der Waals surface area contributed by atoms with Gasteiger partial charge in [-0.1, -0.05) is 29.8 Å². The van der Waals surface area contributed by atoms with Gasteiger partial charge >= 0.3 is 0 Å². The Kier molecular flexibility index (Phi) is 2.14. The number of aromatic nitrogens is 6. The van der Waals surface area contributed by atoms with E-state index in [1.54, 1.807) is 21.7 Å². The largest absolute Gasteiger partial charge is 0.250 e. The van der Waals surface area contributed by atoms with Crippen molar-refractivity contribution in [1.82, 2.24) is 29.4 Å². The molecule has 20 heavy (non-hydrogen) atoms. The first-order valence-corrected chi connectivity index (χ1v) is 6.32. The lowest BCUT2D eigenvalue weighted by molar-refractivity contribution is 0.783. The molecule has 0 unspecified atom stereocenters. The number of rotatable bonds is 1. The van der Waals surface area contributed by atoms with Crippen molar-refractivity contribution in [3.8, 4) is 11.4 Å². The third kappa shape index (κ3) is 1.51. The van der Waals surface area contributed by atoms with Crippen molar-refractivity contribution in [3.05, 3.63) is 42.4 Å². The first-order valence-electron chi connectivity index (χ1n) is 6.32. The molecule has 98 valence electrons. The monoisotopic (exact) mass is 264 g/mol. The number of hydrogen-bond acceptors (Lipinski definition) is 4. The van der Waals surface area contributed by atoms with Gasteiger partial charge < -0.3 is 0 Å². The molecule has 0 aliphatic carbocycles. The van der Waals surface area contributed by atoms with E-state index in [9.17, 15) is 0 Å². The van der Waals surface area contributed by atoms with Crippen LogP contribution >= 0.6 is 0 Å². The van der Waals surface area contributed by atoms with E-state index in [2.05, 4.69) is 39.2 Å². The van der Waals surface area contributed by atoms with Crippen LogP contribution in [0, 0.1) is 6.92 Å². The van der Waals surface area contributed by atoms with Crippen LogP contribution in [0.4, 0.5) is 0 Å². The van der Waals surface area contributed by atoms with E-state index >= 15 is 0 Å². The Balaban J connectivity index is 1.98. The Hall–Kier alpha value is -2.76. The number of nitrogens with zero attached hydrogens (tertiary/aromatic N) is 6. The highest BCUT2D eigenvalue weighted by Crippen LogP contribution is 2.20. The summed E-state index contributed by atoms with van der Waals surface area (Å²) in [6.07, 6.45) is 3.44. The Morgan fingerprint density at radius 1 is 1.05 bits per heavy atom. The van der Waals surface area contributed by atoms with Crippen LogP contribution in [0.15, 0.2) is 36.8 Å². The molecule has 3 heterocycles. The molecule has 6 nitrogen and oxygen atoms in total. The van der Waals surface area contributed by atoms with Crippen LogP contribution < -0.4 is 0 Å². The number of hydrogen-bond donors (Lipinski definition) is 0. The van der Waals surface area contributed by atoms with Gasteiger partial charge in [-0.05, 0) is 6.92 Å². The summed E-state index contributed by atoms with van der Waals surface area (Å²) in [5.41, 5.74) is 3.80. The van der Waals surface area contributed by atoms with Gasteiger partial charge in [0.1, 0.15) is 6.33 Å². The van der Waals surface area contributed by atoms with E-state index in [0.29, 0.717) is 5.82 Å². The summed E-state index contributed by atoms with van der Waals surface area (Å²) in [4.78, 5) is 8.96. The molecule has 0 spiro atoms. The molecule has 0 amide bonds. The molecule has 0 saturated carbocycles. The van der Waals surface area contributed by atoms with Crippen LogP contribution in [0.2, 0.25) is 0 Å². The van der Waals surface area contributed by atoms with Gasteiger partial charge in [0.05, 0.1) is 11.6 Å². The fourth-order valence-corrected chi connectivity index (χ4v) is 2.26. The number of benzene rings is 1. The Bertz CT molecular complexity index is 916. The van der Waals surface area contributed by atoms with Crippen molar-refractivity contribution in [2.45, 2.75) is 6.92 Å². The zero-order valence-corrected chi connectivity index (χ0v) is 11.1. The molecule has 0 atom stereocenters. The molecule has 1 aromatic carbocycles. The van der Waals surface area contributed by atoms with Crippen LogP contribution in [0.3, 0.4) is 0 Å². The van der Waals surface area contributed by atoms with Crippen LogP contribution in [0.25, 0.3) is 28.1 Å². The second-order valence-corrected chi connectivity index (χ2v) is 4.82. The average molecular weight is 264 g/mol. The van der Waals surface area contributed by atoms with E-state index < -0.39 is 0 Å². The topological polar surface area (TPSA) is 60.9 Å². The first kappa shape index (κ1) is 11.1. The minimum atomic E-state index is 0.697. The summed E-state index contributed by atoms with van der Waals surface area (Å²) in [7, 11) is 1.86. The second-order valence-electron chi connectivity index (χ2n) is 4.82. The van der Waals surface area contributed by atoms with Gasteiger partial charge in [-0.15, -0.1) is 5.10 Å². The molecule has 0 saturated heterocycles. The summed E-state index contributed by atoms with van der Waals surface area (Å²) in [6.45, 7) is 2.06. The predicted octanol–water partition coefficient (Wildman–Crippen LogP) is 1.99. The Morgan fingerprint density at radius 2 is 1.85 bits per heavy atom. The zero-order chi connectivity index (χ0) is 13.7. The summed E-state index contributed by atoms with van der Waals surface area (Å²) in [6, 6.07) is 8.16. The lowest BCUT2D eigenvalue weighted by Gasteiger charge is -1.94. The normalized spacial score (nSPS) is 11.5. The van der Waals surface area contributed by atoms with Crippen LogP contribution in [0.1, 0.15) is 5.56 Å². The van der Waals surface area contributed by atoms with E-state index in [1.807, 2.05) is 19.2 Å². The molecule has 0 N–H and O–H groups in total. The smallest absolute Gasteiger partial charge is 0.182 e. The highest BCUT2D eigenvalue weighted by atomic mass is 15.3. The van der Waals surface area contributed by atoms with Crippen molar-refractivity contribution in [2.24, 2.45) is 7.05 Å². The highest BCUT2D eigenvalue weighted by Gasteiger charge is 2.12. The quantitative estimate of drug-likeness (QED) is 0.527. The molecule has 0 aliphatic rings. The number of aryl methyl sites for hydroxylation is 2. The van der Waals surface area contributed by atoms with Crippen LogP contribution in [-0.2, 0) is 7.05 Å². The molecule has 4 rings (SSSR count). The first-order chi connectivity index (χ1) is 9.72. The minimum absolute atomic E-state index is 0.697. The average Bonchev–Trinajstić information content (AvgIpc) is 3.03. The van der Waals surface area contributed by atoms with Crippen LogP contribution in [-0.4, -0.2) is 29.4 Å². The molecular formula is C14H12N6. The van der Waals surface area contributed by atoms with Gasteiger partial charge in [0.25, 0.3) is 0 Å². The maximum absolute atomic E-state index is 4.61.